The second kappa shape index (κ2) is 40.7. The van der Waals surface area contributed by atoms with Gasteiger partial charge in [0.25, 0.3) is 17.6 Å². The van der Waals surface area contributed by atoms with Crippen molar-refractivity contribution in [2.45, 2.75) is 206 Å². The highest BCUT2D eigenvalue weighted by atomic mass is 32.2. The second-order valence-corrected chi connectivity index (χ2v) is 41.4. The maximum Gasteiger partial charge on any atom is 0.328 e. The number of fused-ring (bicyclic) bond motifs is 17. The standard InChI is InChI=1S/C43H58N4O12.2C16H19N3O4S.C8H11NO5S.C6H7N3O/c1-21-12-11-13-22(2)42(55)45-33-28(20-44-47-17-15-46(9)16-18-47)37(52)30-31(38(33)53)36(51)26(6)40-32(30)41(54)43(8,59-40)57-19-14-29(56-10)23(3)39(58-27(7)48)25(5)35(50)24(4)34(21)49;2*1-16(2)11(15(22)23)19-13(21)10(14(19)24-16)18-12(20)9(17)8-6-4-3-5-7-8;1-8(2)6(7(11)12)9-4(10)3-5(9)15(8,13)14;7-9-6(10)5-1-3-8-4-2-5/h11-14,19-21,23-25,29,34-35,39,49-53H,15-18H2,1-10H3,(H,45,55);2*3-7,9-11,14H,17H2,1-2H3,(H,18,20)(H,22,23);5-6H,3H2,1-2H3,(H,11,12);1-4H,7H2,(H,9,10)/b12-11+,19-14+,22-13-,44-20-;;;;/t21-,23-,24+,25+,29-,34+,35+,39+,43-;2*9-,10-,11+,14-;5-,6+;/m0111./s1. The molecular formula is C89H114N14O26S3. The SMILES string of the molecule is CC1(C)S[C@@H]2[C@H](NC(=O)[C@H](N)c3ccccc3)C(=O)N2[C@H]1C(=O)O.CC1(C)S[C@@H]2[C@H](NC(=O)[C@H](N)c3ccccc3)C(=O)N2[C@H]1C(=O)O.CC1(C)[C@H](C(=O)O)N2C(=O)C[C@H]2S1(=O)=O.CO[C@H]1/C=C/O[C@@]2(C)Oc3c(C)c(O)c4c(O)c(c(/C=N\N5CCN(C)CC5)c(O)c4c3C2=O)NC(=O)/C(C)=C\C=C\[C@H](C)[C@@H](O)[C@@H](C)[C@@H](O)[C@@H](C)[C@H](OC(C)=O)[C@H]1C.NNC(=O)c1ccncc1. The molecule has 19 atom stereocenters. The topological polar surface area (TPSA) is 605 Å². The molecule has 5 aromatic rings. The van der Waals surface area contributed by atoms with Crippen LogP contribution in [0.5, 0.6) is 23.0 Å². The van der Waals surface area contributed by atoms with E-state index < -0.39 is 196 Å². The van der Waals surface area contributed by atoms with E-state index in [0.717, 1.165) is 18.0 Å². The number of carboxylic acids is 3. The van der Waals surface area contributed by atoms with Crippen LogP contribution < -0.4 is 43.4 Å². The zero-order chi connectivity index (χ0) is 98.0. The average Bonchev–Trinajstić information content (AvgIpc) is 1.65. The number of carbonyl (C=O) groups excluding carboxylic acids is 9. The Balaban J connectivity index is 0.000000200. The summed E-state index contributed by atoms with van der Waals surface area (Å²) in [5.41, 5.74) is 15.4. The largest absolute Gasteiger partial charge is 0.507 e. The van der Waals surface area contributed by atoms with Crippen LogP contribution in [-0.2, 0) is 72.0 Å². The number of hydrogen-bond acceptors (Lipinski definition) is 32. The number of hydrazine groups is 1. The molecule has 7 fully saturated rings. The van der Waals surface area contributed by atoms with E-state index in [1.54, 1.807) is 133 Å². The normalized spacial score (nSPS) is 29.5. The molecule has 0 aliphatic carbocycles. The number of Topliss-reactive ketones (excluding diaryl/α,β-unsaturated/α-hetero) is 1. The summed E-state index contributed by atoms with van der Waals surface area (Å²) in [7, 11) is -0.148. The summed E-state index contributed by atoms with van der Waals surface area (Å²) < 4.78 is 44.7. The number of ketones is 1. The van der Waals surface area contributed by atoms with Crippen LogP contribution >= 0.6 is 23.5 Å². The molecule has 18 N–H and O–H groups in total. The highest BCUT2D eigenvalue weighted by Gasteiger charge is 2.69. The lowest BCUT2D eigenvalue weighted by molar-refractivity contribution is -0.161. The van der Waals surface area contributed by atoms with Gasteiger partial charge in [-0.15, -0.1) is 23.5 Å². The van der Waals surface area contributed by atoms with Gasteiger partial charge in [-0.1, -0.05) is 107 Å². The first-order valence-corrected chi connectivity index (χ1v) is 45.5. The summed E-state index contributed by atoms with van der Waals surface area (Å²) in [5, 5.41) is 98.2. The first kappa shape index (κ1) is 102. The van der Waals surface area contributed by atoms with Crippen molar-refractivity contribution >= 4 is 127 Å². The summed E-state index contributed by atoms with van der Waals surface area (Å²) in [4.78, 5) is 155. The molecule has 132 heavy (non-hydrogen) atoms. The van der Waals surface area contributed by atoms with Gasteiger partial charge < -0.3 is 107 Å². The highest BCUT2D eigenvalue weighted by molar-refractivity contribution is 8.02. The first-order valence-electron chi connectivity index (χ1n) is 42.2. The molecule has 714 valence electrons. The number of carbonyl (C=O) groups is 12. The minimum absolute atomic E-state index is 0.0559. The number of aromatic nitrogens is 1. The van der Waals surface area contributed by atoms with E-state index in [4.69, 9.17) is 41.4 Å². The number of phenols is 3. The third-order valence-electron chi connectivity index (χ3n) is 25.0. The number of nitrogens with zero attached hydrogens (tertiary/aromatic N) is 7. The molecule has 11 heterocycles. The number of aliphatic carboxylic acids is 3. The van der Waals surface area contributed by atoms with E-state index in [0.29, 0.717) is 29.8 Å². The number of piperazine rings is 1. The van der Waals surface area contributed by atoms with Crippen molar-refractivity contribution in [1.29, 1.82) is 0 Å². The van der Waals surface area contributed by atoms with E-state index in [-0.39, 0.29) is 79.4 Å². The van der Waals surface area contributed by atoms with Crippen LogP contribution in [0.15, 0.2) is 126 Å². The molecule has 10 aliphatic heterocycles. The van der Waals surface area contributed by atoms with Crippen LogP contribution in [-0.4, -0.2) is 287 Å². The Morgan fingerprint density at radius 1 is 0.682 bits per heavy atom. The fourth-order valence-corrected chi connectivity index (χ4v) is 22.5. The number of thioether (sulfide) groups is 2. The maximum atomic E-state index is 14.4. The molecule has 7 amide bonds. The van der Waals surface area contributed by atoms with Crippen LogP contribution in [0.25, 0.3) is 10.8 Å². The van der Waals surface area contributed by atoms with Crippen LogP contribution in [0.4, 0.5) is 5.69 Å². The lowest BCUT2D eigenvalue weighted by Gasteiger charge is -2.43. The summed E-state index contributed by atoms with van der Waals surface area (Å²) >= 11 is 2.77. The third kappa shape index (κ3) is 20.4. The number of nitrogens with one attached hydrogen (secondary N) is 4. The molecule has 43 heteroatoms. The molecule has 5 bridgehead atoms. The molecular weight excluding hydrogens is 1780 g/mol. The zero-order valence-electron chi connectivity index (χ0n) is 75.5. The van der Waals surface area contributed by atoms with Crippen LogP contribution in [0.3, 0.4) is 0 Å². The van der Waals surface area contributed by atoms with E-state index >= 15 is 0 Å². The fraction of sp³-hybridized carbons (Fsp3) is 0.483. The van der Waals surface area contributed by atoms with Gasteiger partial charge in [0.1, 0.15) is 81.8 Å². The number of hydrazone groups is 1. The average molecular weight is 1890 g/mol. The summed E-state index contributed by atoms with van der Waals surface area (Å²) in [6.07, 6.45) is 7.84. The molecule has 10 aliphatic rings. The van der Waals surface area contributed by atoms with E-state index in [1.807, 2.05) is 24.6 Å². The number of anilines is 1. The fourth-order valence-electron chi connectivity index (χ4n) is 17.1. The number of phenolic OH excluding ortho intramolecular Hbond substituents is 3. The smallest absolute Gasteiger partial charge is 0.328 e. The molecule has 4 aromatic carbocycles. The predicted octanol–water partition coefficient (Wildman–Crippen LogP) is 3.86. The molecule has 0 unspecified atom stereocenters. The number of esters is 1. The third-order valence-corrected chi connectivity index (χ3v) is 30.9. The van der Waals surface area contributed by atoms with Gasteiger partial charge in [-0.25, -0.2) is 28.6 Å². The van der Waals surface area contributed by atoms with Crippen molar-refractivity contribution in [3.63, 3.8) is 0 Å². The number of amides is 7. The molecule has 7 saturated heterocycles. The van der Waals surface area contributed by atoms with E-state index in [9.17, 15) is 102 Å². The van der Waals surface area contributed by atoms with Gasteiger partial charge in [-0.3, -0.25) is 58.6 Å². The minimum Gasteiger partial charge on any atom is -0.507 e. The Labute approximate surface area is 770 Å². The Bertz CT molecular complexity index is 5410. The number of benzene rings is 4. The number of nitrogen functional groups attached to an aromatic ring is 1. The first-order chi connectivity index (χ1) is 61.8. The molecule has 0 saturated carbocycles. The number of sulfone groups is 1. The van der Waals surface area contributed by atoms with Crippen molar-refractivity contribution in [1.82, 2.24) is 45.7 Å². The second-order valence-electron chi connectivity index (χ2n) is 35.1. The van der Waals surface area contributed by atoms with Crippen molar-refractivity contribution in [2.75, 3.05) is 45.7 Å². The Morgan fingerprint density at radius 2 is 1.19 bits per heavy atom. The van der Waals surface area contributed by atoms with Crippen molar-refractivity contribution in [3.8, 4) is 23.0 Å². The van der Waals surface area contributed by atoms with Gasteiger partial charge >= 0.3 is 29.7 Å². The summed E-state index contributed by atoms with van der Waals surface area (Å²) in [6.45, 7) is 25.0. The summed E-state index contributed by atoms with van der Waals surface area (Å²) in [5.74, 6) is -9.14. The number of likely N-dealkylation sites (N-methyl/N-ethyl adjacent to an activating group) is 1. The Kier molecular flexibility index (Phi) is 31.6. The minimum atomic E-state index is -3.57. The number of aliphatic hydroxyl groups is 2. The number of methoxy groups -OCH3 is 1. The van der Waals surface area contributed by atoms with Gasteiger partial charge in [0.05, 0.1) is 64.2 Å². The molecule has 0 spiro atoms. The Morgan fingerprint density at radius 3 is 1.65 bits per heavy atom. The van der Waals surface area contributed by atoms with Gasteiger partial charge in [-0.2, -0.15) is 5.10 Å². The lowest BCUT2D eigenvalue weighted by Crippen LogP contribution is -2.71. The van der Waals surface area contributed by atoms with E-state index in [2.05, 4.69) is 30.9 Å². The maximum absolute atomic E-state index is 14.4. The number of nitrogens with two attached hydrogens (primary N) is 3. The number of aromatic hydroxyl groups is 3. The van der Waals surface area contributed by atoms with Crippen molar-refractivity contribution in [2.24, 2.45) is 46.1 Å². The number of aliphatic hydroxyl groups excluding tert-OH is 2. The van der Waals surface area contributed by atoms with Gasteiger partial charge in [-0.05, 0) is 91.8 Å². The Hall–Kier alpha value is -11.8. The van der Waals surface area contributed by atoms with Crippen LogP contribution in [0.2, 0.25) is 0 Å². The highest BCUT2D eigenvalue weighted by Crippen LogP contribution is 2.57. The van der Waals surface area contributed by atoms with Crippen LogP contribution in [0, 0.1) is 30.6 Å². The number of hydrogen-bond donors (Lipinski definition) is 15. The van der Waals surface area contributed by atoms with Crippen molar-refractivity contribution in [3.05, 3.63) is 155 Å². The van der Waals surface area contributed by atoms with Gasteiger partial charge in [0.15, 0.2) is 15.6 Å². The number of β-lactam (4-membered cyclic amide) rings is 3. The van der Waals surface area contributed by atoms with Gasteiger partial charge in [0, 0.05) is 115 Å². The molecule has 0 radical (unpaired) electrons. The molecule has 40 nitrogen and oxygen atoms in total. The number of allylic oxidation sites excluding steroid dienone is 2. The monoisotopic (exact) mass is 1890 g/mol. The quantitative estimate of drug-likeness (QED) is 0.0110. The van der Waals surface area contributed by atoms with Crippen molar-refractivity contribution < 1.29 is 126 Å². The molecule has 1 aromatic heterocycles. The lowest BCUT2D eigenvalue weighted by atomic mass is 9.78. The predicted molar refractivity (Wildman–Crippen MR) is 484 cm³/mol. The number of pyridine rings is 1. The van der Waals surface area contributed by atoms with E-state index in [1.165, 1.54) is 119 Å². The van der Waals surface area contributed by atoms with Crippen LogP contribution in [0.1, 0.15) is 151 Å². The van der Waals surface area contributed by atoms with Gasteiger partial charge in [0.2, 0.25) is 29.5 Å². The number of ether oxygens (including phenoxy) is 4. The molecule has 15 rings (SSSR count). The zero-order valence-corrected chi connectivity index (χ0v) is 77.9. The number of rotatable bonds is 14. The number of carboxylic acid groups (broad SMARTS) is 3. The summed E-state index contributed by atoms with van der Waals surface area (Å²) in [6, 6.07) is 14.7.